The van der Waals surface area contributed by atoms with Crippen LogP contribution in [-0.4, -0.2) is 16.0 Å². The van der Waals surface area contributed by atoms with Gasteiger partial charge in [0.05, 0.1) is 5.56 Å². The molecule has 2 aromatic rings. The number of pyridine rings is 1. The lowest BCUT2D eigenvalue weighted by atomic mass is 9.96. The lowest BCUT2D eigenvalue weighted by molar-refractivity contribution is 0.0476. The van der Waals surface area contributed by atoms with E-state index in [1.165, 1.54) is 6.20 Å². The second-order valence-electron chi connectivity index (χ2n) is 3.95. The maximum Gasteiger partial charge on any atom is 0.256 e. The summed E-state index contributed by atoms with van der Waals surface area (Å²) in [5.41, 5.74) is 0.150. The van der Waals surface area contributed by atoms with Crippen LogP contribution in [0.4, 0.5) is 0 Å². The highest BCUT2D eigenvalue weighted by Gasteiger charge is 2.42. The van der Waals surface area contributed by atoms with Gasteiger partial charge in [0, 0.05) is 23.5 Å². The molecule has 4 nitrogen and oxygen atoms in total. The molecule has 1 aromatic carbocycles. The van der Waals surface area contributed by atoms with E-state index < -0.39 is 5.72 Å². The van der Waals surface area contributed by atoms with E-state index in [0.29, 0.717) is 16.7 Å². The first kappa shape index (κ1) is 9.99. The van der Waals surface area contributed by atoms with Crippen molar-refractivity contribution < 1.29 is 9.90 Å². The van der Waals surface area contributed by atoms with Crippen molar-refractivity contribution in [2.24, 2.45) is 0 Å². The summed E-state index contributed by atoms with van der Waals surface area (Å²) < 4.78 is 0. The Bertz CT molecular complexity index is 583. The van der Waals surface area contributed by atoms with Gasteiger partial charge >= 0.3 is 0 Å². The molecule has 4 heteroatoms. The fourth-order valence-corrected chi connectivity index (χ4v) is 2.10. The van der Waals surface area contributed by atoms with Gasteiger partial charge in [0.1, 0.15) is 0 Å². The van der Waals surface area contributed by atoms with Crippen LogP contribution in [0.15, 0.2) is 48.8 Å². The maximum atomic E-state index is 11.7. The predicted octanol–water partition coefficient (Wildman–Crippen LogP) is 1.02. The molecule has 1 aliphatic heterocycles. The van der Waals surface area contributed by atoms with Gasteiger partial charge in [0.2, 0.25) is 0 Å². The highest BCUT2D eigenvalue weighted by Crippen LogP contribution is 2.33. The Morgan fingerprint density at radius 3 is 2.71 bits per heavy atom. The highest BCUT2D eigenvalue weighted by molar-refractivity contribution is 5.99. The standard InChI is InChI=1S/C13H10N2O2/c16-12-10-8-14-7-6-11(10)13(17,15-12)9-4-2-1-3-5-9/h1-8,17H,(H,15,16)/t13-/m0/s1. The Kier molecular flexibility index (Phi) is 2.00. The van der Waals surface area contributed by atoms with Crippen LogP contribution in [0.25, 0.3) is 0 Å². The molecular weight excluding hydrogens is 216 g/mol. The van der Waals surface area contributed by atoms with E-state index in [1.807, 2.05) is 18.2 Å². The van der Waals surface area contributed by atoms with Gasteiger partial charge in [-0.1, -0.05) is 30.3 Å². The fraction of sp³-hybridized carbons (Fsp3) is 0.0769. The molecule has 0 saturated carbocycles. The Hall–Kier alpha value is -2.20. The zero-order valence-corrected chi connectivity index (χ0v) is 8.92. The number of fused-ring (bicyclic) bond motifs is 1. The lowest BCUT2D eigenvalue weighted by Crippen LogP contribution is -2.40. The summed E-state index contributed by atoms with van der Waals surface area (Å²) in [6.45, 7) is 0. The zero-order valence-electron chi connectivity index (χ0n) is 8.92. The van der Waals surface area contributed by atoms with Gasteiger partial charge in [-0.05, 0) is 6.07 Å². The monoisotopic (exact) mass is 226 g/mol. The Morgan fingerprint density at radius 1 is 1.18 bits per heavy atom. The number of nitrogens with one attached hydrogen (secondary N) is 1. The minimum Gasteiger partial charge on any atom is -0.363 e. The fourth-order valence-electron chi connectivity index (χ4n) is 2.10. The van der Waals surface area contributed by atoms with Gasteiger partial charge in [-0.3, -0.25) is 9.78 Å². The summed E-state index contributed by atoms with van der Waals surface area (Å²) >= 11 is 0. The van der Waals surface area contributed by atoms with E-state index in [0.717, 1.165) is 0 Å². The van der Waals surface area contributed by atoms with Crippen molar-refractivity contribution in [1.29, 1.82) is 0 Å². The van der Waals surface area contributed by atoms with Crippen molar-refractivity contribution in [3.63, 3.8) is 0 Å². The number of rotatable bonds is 1. The number of hydrogen-bond donors (Lipinski definition) is 2. The van der Waals surface area contributed by atoms with Gasteiger partial charge in [-0.15, -0.1) is 0 Å². The van der Waals surface area contributed by atoms with Crippen LogP contribution in [0.1, 0.15) is 21.5 Å². The molecule has 3 rings (SSSR count). The Morgan fingerprint density at radius 2 is 1.94 bits per heavy atom. The summed E-state index contributed by atoms with van der Waals surface area (Å²) in [5.74, 6) is -0.306. The molecule has 0 saturated heterocycles. The number of carbonyl (C=O) groups excluding carboxylic acids is 1. The van der Waals surface area contributed by atoms with Crippen molar-refractivity contribution in [2.75, 3.05) is 0 Å². The summed E-state index contributed by atoms with van der Waals surface area (Å²) in [6, 6.07) is 10.7. The van der Waals surface area contributed by atoms with Crippen LogP contribution in [0, 0.1) is 0 Å². The van der Waals surface area contributed by atoms with Crippen molar-refractivity contribution in [3.8, 4) is 0 Å². The van der Waals surface area contributed by atoms with Crippen LogP contribution in [0.5, 0.6) is 0 Å². The van der Waals surface area contributed by atoms with Crippen LogP contribution in [-0.2, 0) is 5.72 Å². The van der Waals surface area contributed by atoms with E-state index in [2.05, 4.69) is 10.3 Å². The lowest BCUT2D eigenvalue weighted by Gasteiger charge is -2.24. The summed E-state index contributed by atoms with van der Waals surface area (Å²) in [4.78, 5) is 15.6. The second-order valence-corrected chi connectivity index (χ2v) is 3.95. The van der Waals surface area contributed by atoms with Crippen molar-refractivity contribution in [1.82, 2.24) is 10.3 Å². The number of benzene rings is 1. The van der Waals surface area contributed by atoms with Gasteiger partial charge in [-0.2, -0.15) is 0 Å². The second kappa shape index (κ2) is 3.40. The summed E-state index contributed by atoms with van der Waals surface area (Å²) in [6.07, 6.45) is 3.03. The molecule has 1 aromatic heterocycles. The molecule has 0 fully saturated rings. The first-order valence-corrected chi connectivity index (χ1v) is 5.27. The third kappa shape index (κ3) is 1.34. The first-order chi connectivity index (χ1) is 8.22. The molecule has 2 N–H and O–H groups in total. The number of nitrogens with zero attached hydrogens (tertiary/aromatic N) is 1. The minimum absolute atomic E-state index is 0.306. The maximum absolute atomic E-state index is 11.7. The molecule has 0 aliphatic carbocycles. The van der Waals surface area contributed by atoms with Gasteiger partial charge in [-0.25, -0.2) is 0 Å². The van der Waals surface area contributed by atoms with Crippen molar-refractivity contribution >= 4 is 5.91 Å². The topological polar surface area (TPSA) is 62.2 Å². The van der Waals surface area contributed by atoms with E-state index >= 15 is 0 Å². The molecule has 0 bridgehead atoms. The molecule has 2 heterocycles. The normalized spacial score (nSPS) is 22.1. The number of aliphatic hydroxyl groups is 1. The third-order valence-corrected chi connectivity index (χ3v) is 2.94. The Balaban J connectivity index is 2.21. The largest absolute Gasteiger partial charge is 0.363 e. The molecule has 0 radical (unpaired) electrons. The predicted molar refractivity (Wildman–Crippen MR) is 61.1 cm³/mol. The zero-order chi connectivity index (χ0) is 11.9. The van der Waals surface area contributed by atoms with Crippen LogP contribution in [0.3, 0.4) is 0 Å². The molecule has 84 valence electrons. The van der Waals surface area contributed by atoms with E-state index in [1.54, 1.807) is 24.4 Å². The third-order valence-electron chi connectivity index (χ3n) is 2.94. The SMILES string of the molecule is O=C1N[C@](O)(c2ccccc2)c2ccncc21. The molecule has 0 unspecified atom stereocenters. The van der Waals surface area contributed by atoms with Crippen LogP contribution < -0.4 is 5.32 Å². The molecular formula is C13H10N2O2. The average molecular weight is 226 g/mol. The van der Waals surface area contributed by atoms with Crippen LogP contribution >= 0.6 is 0 Å². The Labute approximate surface area is 97.9 Å². The van der Waals surface area contributed by atoms with E-state index in [4.69, 9.17) is 0 Å². The number of carbonyl (C=O) groups is 1. The minimum atomic E-state index is -1.45. The van der Waals surface area contributed by atoms with Crippen molar-refractivity contribution in [2.45, 2.75) is 5.72 Å². The molecule has 1 aliphatic rings. The molecule has 1 atom stereocenters. The van der Waals surface area contributed by atoms with Crippen molar-refractivity contribution in [3.05, 3.63) is 65.5 Å². The summed E-state index contributed by atoms with van der Waals surface area (Å²) in [5, 5.41) is 13.2. The quantitative estimate of drug-likeness (QED) is 0.763. The highest BCUT2D eigenvalue weighted by atomic mass is 16.3. The first-order valence-electron chi connectivity index (χ1n) is 5.27. The average Bonchev–Trinajstić information content (AvgIpc) is 2.65. The smallest absolute Gasteiger partial charge is 0.256 e. The van der Waals surface area contributed by atoms with Gasteiger partial charge < -0.3 is 10.4 Å². The number of amides is 1. The molecule has 1 amide bonds. The van der Waals surface area contributed by atoms with Gasteiger partial charge in [0.15, 0.2) is 5.72 Å². The molecule has 17 heavy (non-hydrogen) atoms. The number of aromatic nitrogens is 1. The van der Waals surface area contributed by atoms with E-state index in [9.17, 15) is 9.90 Å². The van der Waals surface area contributed by atoms with Gasteiger partial charge in [0.25, 0.3) is 5.91 Å². The number of hydrogen-bond acceptors (Lipinski definition) is 3. The summed E-state index contributed by atoms with van der Waals surface area (Å²) in [7, 11) is 0. The van der Waals surface area contributed by atoms with E-state index in [-0.39, 0.29) is 5.91 Å². The molecule has 0 spiro atoms. The van der Waals surface area contributed by atoms with Crippen LogP contribution in [0.2, 0.25) is 0 Å².